The van der Waals surface area contributed by atoms with Crippen molar-refractivity contribution in [3.63, 3.8) is 0 Å². The van der Waals surface area contributed by atoms with Gasteiger partial charge < -0.3 is 14.7 Å². The highest BCUT2D eigenvalue weighted by atomic mass is 35.5. The highest BCUT2D eigenvalue weighted by molar-refractivity contribution is 6.31. The molecule has 0 unspecified atom stereocenters. The van der Waals surface area contributed by atoms with Crippen LogP contribution in [0.15, 0.2) is 47.3 Å². The molecule has 1 aromatic carbocycles. The van der Waals surface area contributed by atoms with Gasteiger partial charge in [0.05, 0.1) is 28.9 Å². The molecule has 0 saturated heterocycles. The first-order chi connectivity index (χ1) is 10.3. The third kappa shape index (κ3) is 2.32. The van der Waals surface area contributed by atoms with E-state index in [9.17, 15) is 0 Å². The SMILES string of the molecule is Clc1cnc2oc(CNc3ccc4nc[nH]c4c3)cc2c1. The van der Waals surface area contributed by atoms with Crippen molar-refractivity contribution in [3.05, 3.63) is 53.6 Å². The van der Waals surface area contributed by atoms with Gasteiger partial charge in [-0.05, 0) is 30.3 Å². The standard InChI is InChI=1S/C15H11ClN4O/c16-10-3-9-4-12(21-15(9)18-6-10)7-17-11-1-2-13-14(5-11)20-8-19-13/h1-6,8,17H,7H2,(H,19,20). The fourth-order valence-corrected chi connectivity index (χ4v) is 2.45. The van der Waals surface area contributed by atoms with Gasteiger partial charge in [0.15, 0.2) is 0 Å². The molecule has 5 nitrogen and oxygen atoms in total. The first-order valence-electron chi connectivity index (χ1n) is 6.49. The Kier molecular flexibility index (Phi) is 2.79. The van der Waals surface area contributed by atoms with Crippen LogP contribution in [0.25, 0.3) is 22.1 Å². The molecule has 0 aliphatic rings. The van der Waals surface area contributed by atoms with Crippen LogP contribution in [-0.4, -0.2) is 15.0 Å². The van der Waals surface area contributed by atoms with E-state index in [0.717, 1.165) is 27.9 Å². The number of aromatic amines is 1. The van der Waals surface area contributed by atoms with Crippen LogP contribution in [0.3, 0.4) is 0 Å². The maximum absolute atomic E-state index is 5.92. The van der Waals surface area contributed by atoms with Gasteiger partial charge >= 0.3 is 0 Å². The van der Waals surface area contributed by atoms with Crippen LogP contribution in [0.2, 0.25) is 5.02 Å². The monoisotopic (exact) mass is 298 g/mol. The number of anilines is 1. The second-order valence-electron chi connectivity index (χ2n) is 4.75. The lowest BCUT2D eigenvalue weighted by molar-refractivity contribution is 0.549. The maximum Gasteiger partial charge on any atom is 0.226 e. The molecule has 4 rings (SSSR count). The summed E-state index contributed by atoms with van der Waals surface area (Å²) in [5.41, 5.74) is 3.54. The van der Waals surface area contributed by atoms with Crippen molar-refractivity contribution in [2.24, 2.45) is 0 Å². The van der Waals surface area contributed by atoms with Gasteiger partial charge in [-0.15, -0.1) is 0 Å². The number of nitrogens with one attached hydrogen (secondary N) is 2. The van der Waals surface area contributed by atoms with Gasteiger partial charge in [-0.1, -0.05) is 11.6 Å². The van der Waals surface area contributed by atoms with Gasteiger partial charge in [0.1, 0.15) is 5.76 Å². The summed E-state index contributed by atoms with van der Waals surface area (Å²) in [5.74, 6) is 0.810. The molecule has 3 heterocycles. The smallest absolute Gasteiger partial charge is 0.226 e. The van der Waals surface area contributed by atoms with Crippen LogP contribution in [0.1, 0.15) is 5.76 Å². The minimum absolute atomic E-state index is 0.577. The Balaban J connectivity index is 1.56. The molecule has 0 aliphatic carbocycles. The second-order valence-corrected chi connectivity index (χ2v) is 5.19. The Morgan fingerprint density at radius 1 is 1.19 bits per heavy atom. The van der Waals surface area contributed by atoms with E-state index >= 15 is 0 Å². The van der Waals surface area contributed by atoms with E-state index in [1.54, 1.807) is 12.5 Å². The molecule has 2 N–H and O–H groups in total. The molecule has 0 fully saturated rings. The van der Waals surface area contributed by atoms with Crippen molar-refractivity contribution in [1.82, 2.24) is 15.0 Å². The Morgan fingerprint density at radius 2 is 2.14 bits per heavy atom. The van der Waals surface area contributed by atoms with E-state index in [4.69, 9.17) is 16.0 Å². The molecule has 0 aliphatic heterocycles. The summed E-state index contributed by atoms with van der Waals surface area (Å²) in [5, 5.41) is 4.83. The number of halogens is 1. The predicted molar refractivity (Wildman–Crippen MR) is 82.4 cm³/mol. The van der Waals surface area contributed by atoms with E-state index in [2.05, 4.69) is 20.3 Å². The highest BCUT2D eigenvalue weighted by Crippen LogP contribution is 2.22. The number of pyridine rings is 1. The molecular weight excluding hydrogens is 288 g/mol. The predicted octanol–water partition coefficient (Wildman–Crippen LogP) is 3.97. The molecule has 3 aromatic heterocycles. The summed E-state index contributed by atoms with van der Waals surface area (Å²) >= 11 is 5.92. The highest BCUT2D eigenvalue weighted by Gasteiger charge is 2.06. The molecule has 0 saturated carbocycles. The minimum atomic E-state index is 0.577. The van der Waals surface area contributed by atoms with Crippen LogP contribution < -0.4 is 5.32 Å². The van der Waals surface area contributed by atoms with Crippen LogP contribution in [0.4, 0.5) is 5.69 Å². The van der Waals surface area contributed by atoms with E-state index in [1.807, 2.05) is 30.3 Å². The average molecular weight is 299 g/mol. The summed E-state index contributed by atoms with van der Waals surface area (Å²) in [6.45, 7) is 0.577. The summed E-state index contributed by atoms with van der Waals surface area (Å²) in [4.78, 5) is 11.4. The number of furan rings is 1. The first-order valence-corrected chi connectivity index (χ1v) is 6.87. The minimum Gasteiger partial charge on any atom is -0.441 e. The zero-order valence-electron chi connectivity index (χ0n) is 10.9. The number of H-pyrrole nitrogens is 1. The van der Waals surface area contributed by atoms with Gasteiger partial charge in [-0.3, -0.25) is 0 Å². The van der Waals surface area contributed by atoms with Crippen LogP contribution >= 0.6 is 11.6 Å². The van der Waals surface area contributed by atoms with Gasteiger partial charge in [0, 0.05) is 17.3 Å². The van der Waals surface area contributed by atoms with E-state index in [0.29, 0.717) is 17.3 Å². The van der Waals surface area contributed by atoms with Crippen LogP contribution in [0.5, 0.6) is 0 Å². The molecule has 6 heteroatoms. The molecule has 0 amide bonds. The van der Waals surface area contributed by atoms with Crippen molar-refractivity contribution in [2.45, 2.75) is 6.54 Å². The Bertz CT molecular complexity index is 928. The van der Waals surface area contributed by atoms with E-state index in [-0.39, 0.29) is 0 Å². The lowest BCUT2D eigenvalue weighted by atomic mass is 10.2. The third-order valence-corrected chi connectivity index (χ3v) is 3.48. The van der Waals surface area contributed by atoms with E-state index in [1.165, 1.54) is 0 Å². The van der Waals surface area contributed by atoms with Crippen molar-refractivity contribution in [2.75, 3.05) is 5.32 Å². The lowest BCUT2D eigenvalue weighted by Gasteiger charge is -2.03. The lowest BCUT2D eigenvalue weighted by Crippen LogP contribution is -1.97. The Morgan fingerprint density at radius 3 is 3.10 bits per heavy atom. The van der Waals surface area contributed by atoms with E-state index < -0.39 is 0 Å². The Labute approximate surface area is 125 Å². The largest absolute Gasteiger partial charge is 0.441 e. The van der Waals surface area contributed by atoms with Crippen LogP contribution in [-0.2, 0) is 6.54 Å². The van der Waals surface area contributed by atoms with Crippen molar-refractivity contribution in [3.8, 4) is 0 Å². The quantitative estimate of drug-likeness (QED) is 0.600. The molecule has 0 bridgehead atoms. The second kappa shape index (κ2) is 4.79. The van der Waals surface area contributed by atoms with Crippen molar-refractivity contribution >= 4 is 39.4 Å². The summed E-state index contributed by atoms with van der Waals surface area (Å²) < 4.78 is 5.66. The summed E-state index contributed by atoms with van der Waals surface area (Å²) in [6.07, 6.45) is 3.26. The number of rotatable bonds is 3. The van der Waals surface area contributed by atoms with Gasteiger partial charge in [0.2, 0.25) is 5.71 Å². The molecule has 0 spiro atoms. The number of nitrogens with zero attached hydrogens (tertiary/aromatic N) is 2. The Hall–Kier alpha value is -2.53. The number of aromatic nitrogens is 3. The molecule has 4 aromatic rings. The fraction of sp³-hybridized carbons (Fsp3) is 0.0667. The molecule has 0 radical (unpaired) electrons. The maximum atomic E-state index is 5.92. The van der Waals surface area contributed by atoms with Crippen LogP contribution in [0, 0.1) is 0 Å². The zero-order chi connectivity index (χ0) is 14.2. The number of hydrogen-bond donors (Lipinski definition) is 2. The summed E-state index contributed by atoms with van der Waals surface area (Å²) in [7, 11) is 0. The molecule has 104 valence electrons. The molecular formula is C15H11ClN4O. The van der Waals surface area contributed by atoms with Crippen molar-refractivity contribution in [1.29, 1.82) is 0 Å². The normalized spacial score (nSPS) is 11.3. The number of imidazole rings is 1. The molecule has 21 heavy (non-hydrogen) atoms. The van der Waals surface area contributed by atoms with Gasteiger partial charge in [-0.25, -0.2) is 9.97 Å². The first kappa shape index (κ1) is 12.2. The third-order valence-electron chi connectivity index (χ3n) is 3.28. The van der Waals surface area contributed by atoms with Crippen molar-refractivity contribution < 1.29 is 4.42 Å². The topological polar surface area (TPSA) is 66.7 Å². The summed E-state index contributed by atoms with van der Waals surface area (Å²) in [6, 6.07) is 9.75. The average Bonchev–Trinajstić information content (AvgIpc) is 3.09. The number of hydrogen-bond acceptors (Lipinski definition) is 4. The molecule has 0 atom stereocenters. The number of benzene rings is 1. The number of fused-ring (bicyclic) bond motifs is 2. The zero-order valence-corrected chi connectivity index (χ0v) is 11.7. The van der Waals surface area contributed by atoms with Gasteiger partial charge in [-0.2, -0.15) is 0 Å². The fourth-order valence-electron chi connectivity index (χ4n) is 2.28. The van der Waals surface area contributed by atoms with Gasteiger partial charge in [0.25, 0.3) is 0 Å².